The van der Waals surface area contributed by atoms with Gasteiger partial charge in [-0.15, -0.1) is 24.8 Å². The van der Waals surface area contributed by atoms with Crippen molar-refractivity contribution < 1.29 is 27.8 Å². The number of nitrogens with zero attached hydrogens (tertiary/aromatic N) is 1. The van der Waals surface area contributed by atoms with Crippen LogP contribution in [-0.4, -0.2) is 48.3 Å². The first-order chi connectivity index (χ1) is 11.3. The molecule has 1 aliphatic heterocycles. The van der Waals surface area contributed by atoms with E-state index >= 15 is 0 Å². The average molecular weight is 419 g/mol. The molecule has 2 rings (SSSR count). The van der Waals surface area contributed by atoms with Gasteiger partial charge in [0.2, 0.25) is 0 Å². The van der Waals surface area contributed by atoms with E-state index in [1.165, 1.54) is 19.1 Å². The molecular formula is C16H23Cl2F3N2O3. The maximum Gasteiger partial charge on any atom is 0.389 e. The quantitative estimate of drug-likeness (QED) is 0.566. The molecule has 1 aromatic rings. The van der Waals surface area contributed by atoms with Crippen LogP contribution in [0.3, 0.4) is 0 Å². The summed E-state index contributed by atoms with van der Waals surface area (Å²) >= 11 is 0. The highest BCUT2D eigenvalue weighted by molar-refractivity contribution is 5.85. The molecule has 1 aromatic carbocycles. The Bertz CT molecular complexity index is 582. The summed E-state index contributed by atoms with van der Waals surface area (Å²) < 4.78 is 42.8. The highest BCUT2D eigenvalue weighted by atomic mass is 35.5. The number of nitrogens with one attached hydrogen (secondary N) is 1. The zero-order chi connectivity index (χ0) is 17.7. The van der Waals surface area contributed by atoms with E-state index in [2.05, 4.69) is 5.32 Å². The van der Waals surface area contributed by atoms with Gasteiger partial charge in [0.25, 0.3) is 0 Å². The van der Waals surface area contributed by atoms with Gasteiger partial charge in [0, 0.05) is 45.6 Å². The Labute approximate surface area is 162 Å². The van der Waals surface area contributed by atoms with Gasteiger partial charge in [-0.3, -0.25) is 9.69 Å². The first kappa shape index (κ1) is 24.8. The molecule has 1 atom stereocenters. The second-order valence-corrected chi connectivity index (χ2v) is 5.78. The van der Waals surface area contributed by atoms with Crippen molar-refractivity contribution in [2.75, 3.05) is 26.2 Å². The van der Waals surface area contributed by atoms with Crippen molar-refractivity contribution in [1.82, 2.24) is 10.2 Å². The number of hydrogen-bond acceptors (Lipinski definition) is 5. The lowest BCUT2D eigenvalue weighted by Crippen LogP contribution is -2.45. The first-order valence-corrected chi connectivity index (χ1v) is 7.79. The van der Waals surface area contributed by atoms with Gasteiger partial charge in [0.15, 0.2) is 11.5 Å². The first-order valence-electron chi connectivity index (χ1n) is 7.79. The minimum Gasteiger partial charge on any atom is -0.504 e. The van der Waals surface area contributed by atoms with Crippen LogP contribution < -0.4 is 10.1 Å². The molecule has 1 fully saturated rings. The third kappa shape index (κ3) is 7.57. The predicted molar refractivity (Wildman–Crippen MR) is 96.4 cm³/mol. The smallest absolute Gasteiger partial charge is 0.389 e. The highest BCUT2D eigenvalue weighted by Gasteiger charge is 2.31. The number of phenols is 1. The summed E-state index contributed by atoms with van der Waals surface area (Å²) in [4.78, 5) is 12.9. The molecule has 10 heteroatoms. The van der Waals surface area contributed by atoms with Crippen molar-refractivity contribution in [2.45, 2.75) is 32.0 Å². The molecule has 1 aliphatic rings. The third-order valence-corrected chi connectivity index (χ3v) is 3.92. The lowest BCUT2D eigenvalue weighted by atomic mass is 9.98. The van der Waals surface area contributed by atoms with E-state index in [4.69, 9.17) is 4.74 Å². The van der Waals surface area contributed by atoms with Crippen molar-refractivity contribution in [3.05, 3.63) is 23.8 Å². The highest BCUT2D eigenvalue weighted by Crippen LogP contribution is 2.35. The standard InChI is InChI=1S/C16H21F3N2O3.2ClH/c1-11(22)24-15-3-2-12(10-14(15)23)13(4-5-16(17,18)19)21-8-6-20-7-9-21;;/h2-3,10,13,20,23H,4-9H2,1H3;2*1H/t13-;;/m0../s1. The minimum absolute atomic E-state index is 0. The number of carbonyl (C=O) groups is 1. The average Bonchev–Trinajstić information content (AvgIpc) is 2.49. The molecule has 26 heavy (non-hydrogen) atoms. The molecule has 1 saturated heterocycles. The van der Waals surface area contributed by atoms with E-state index in [-0.39, 0.29) is 42.7 Å². The number of benzene rings is 1. The summed E-state index contributed by atoms with van der Waals surface area (Å²) in [5, 5.41) is 13.2. The molecule has 1 heterocycles. The van der Waals surface area contributed by atoms with Gasteiger partial charge >= 0.3 is 12.1 Å². The number of hydrogen-bond donors (Lipinski definition) is 2. The van der Waals surface area contributed by atoms with Crippen LogP contribution in [0.5, 0.6) is 11.5 Å². The van der Waals surface area contributed by atoms with Crippen LogP contribution in [0.1, 0.15) is 31.4 Å². The fourth-order valence-electron chi connectivity index (χ4n) is 2.84. The molecule has 0 spiro atoms. The van der Waals surface area contributed by atoms with Crippen LogP contribution in [0.15, 0.2) is 18.2 Å². The number of aromatic hydroxyl groups is 1. The van der Waals surface area contributed by atoms with E-state index in [0.717, 1.165) is 0 Å². The molecule has 0 aromatic heterocycles. The van der Waals surface area contributed by atoms with Gasteiger partial charge in [0.1, 0.15) is 0 Å². The van der Waals surface area contributed by atoms with Gasteiger partial charge in [-0.2, -0.15) is 13.2 Å². The van der Waals surface area contributed by atoms with Crippen LogP contribution in [0.4, 0.5) is 13.2 Å². The van der Waals surface area contributed by atoms with Crippen LogP contribution in [0.25, 0.3) is 0 Å². The van der Waals surface area contributed by atoms with E-state index in [0.29, 0.717) is 31.7 Å². The van der Waals surface area contributed by atoms with E-state index < -0.39 is 24.6 Å². The Morgan fingerprint density at radius 1 is 1.31 bits per heavy atom. The second-order valence-electron chi connectivity index (χ2n) is 5.78. The molecule has 2 N–H and O–H groups in total. The van der Waals surface area contributed by atoms with Crippen molar-refractivity contribution in [3.63, 3.8) is 0 Å². The number of carbonyl (C=O) groups excluding carboxylic acids is 1. The SMILES string of the molecule is CC(=O)Oc1ccc([C@H](CCC(F)(F)F)N2CCNCC2)cc1O.Cl.Cl. The summed E-state index contributed by atoms with van der Waals surface area (Å²) in [6.45, 7) is 3.89. The molecule has 0 saturated carbocycles. The number of ether oxygens (including phenoxy) is 1. The van der Waals surface area contributed by atoms with E-state index in [9.17, 15) is 23.1 Å². The Kier molecular flexibility index (Phi) is 10.3. The molecule has 0 aliphatic carbocycles. The molecule has 0 radical (unpaired) electrons. The van der Waals surface area contributed by atoms with Gasteiger partial charge < -0.3 is 15.2 Å². The number of phenolic OH excluding ortho intramolecular Hbond substituents is 1. The maximum absolute atomic E-state index is 12.6. The summed E-state index contributed by atoms with van der Waals surface area (Å²) in [5.41, 5.74) is 0.578. The summed E-state index contributed by atoms with van der Waals surface area (Å²) in [6, 6.07) is 3.93. The lowest BCUT2D eigenvalue weighted by Gasteiger charge is -2.35. The monoisotopic (exact) mass is 418 g/mol. The fourth-order valence-corrected chi connectivity index (χ4v) is 2.84. The summed E-state index contributed by atoms with van der Waals surface area (Å²) in [5.74, 6) is -0.829. The van der Waals surface area contributed by atoms with Crippen molar-refractivity contribution in [2.24, 2.45) is 0 Å². The predicted octanol–water partition coefficient (Wildman–Crippen LogP) is 3.45. The Hall–Kier alpha value is -1.22. The zero-order valence-electron chi connectivity index (χ0n) is 14.2. The van der Waals surface area contributed by atoms with Gasteiger partial charge in [-0.25, -0.2) is 0 Å². The number of alkyl halides is 3. The van der Waals surface area contributed by atoms with Crippen molar-refractivity contribution >= 4 is 30.8 Å². The fraction of sp³-hybridized carbons (Fsp3) is 0.562. The number of esters is 1. The van der Waals surface area contributed by atoms with E-state index in [1.807, 2.05) is 4.90 Å². The molecule has 5 nitrogen and oxygen atoms in total. The lowest BCUT2D eigenvalue weighted by molar-refractivity contribution is -0.138. The largest absolute Gasteiger partial charge is 0.504 e. The van der Waals surface area contributed by atoms with Crippen LogP contribution in [0.2, 0.25) is 0 Å². The topological polar surface area (TPSA) is 61.8 Å². The van der Waals surface area contributed by atoms with Crippen LogP contribution in [0, 0.1) is 0 Å². The third-order valence-electron chi connectivity index (χ3n) is 3.92. The molecule has 0 bridgehead atoms. The number of rotatable bonds is 5. The van der Waals surface area contributed by atoms with E-state index in [1.54, 1.807) is 6.07 Å². The Morgan fingerprint density at radius 2 is 1.92 bits per heavy atom. The Balaban J connectivity index is 0.00000312. The van der Waals surface area contributed by atoms with Crippen LogP contribution >= 0.6 is 24.8 Å². The summed E-state index contributed by atoms with van der Waals surface area (Å²) in [6.07, 6.45) is -5.21. The minimum atomic E-state index is -4.23. The molecule has 0 unspecified atom stereocenters. The van der Waals surface area contributed by atoms with Gasteiger partial charge in [-0.05, 0) is 24.1 Å². The summed E-state index contributed by atoms with van der Waals surface area (Å²) in [7, 11) is 0. The van der Waals surface area contributed by atoms with Crippen LogP contribution in [-0.2, 0) is 4.79 Å². The Morgan fingerprint density at radius 3 is 2.42 bits per heavy atom. The number of halogens is 5. The van der Waals surface area contributed by atoms with Crippen molar-refractivity contribution in [3.8, 4) is 11.5 Å². The maximum atomic E-state index is 12.6. The normalized spacial score (nSPS) is 16.2. The zero-order valence-corrected chi connectivity index (χ0v) is 15.8. The van der Waals surface area contributed by atoms with Crippen molar-refractivity contribution in [1.29, 1.82) is 0 Å². The molecule has 150 valence electrons. The molecular weight excluding hydrogens is 396 g/mol. The van der Waals surface area contributed by atoms with Gasteiger partial charge in [0.05, 0.1) is 0 Å². The molecule has 0 amide bonds. The second kappa shape index (κ2) is 10.8. The van der Waals surface area contributed by atoms with Gasteiger partial charge in [-0.1, -0.05) is 6.07 Å². The number of piperazine rings is 1.